The molecule has 0 saturated heterocycles. The average molecular weight is 279 g/mol. The number of anilines is 2. The zero-order valence-electron chi connectivity index (χ0n) is 11.2. The second kappa shape index (κ2) is 6.12. The Morgan fingerprint density at radius 2 is 1.95 bits per heavy atom. The van der Waals surface area contributed by atoms with E-state index in [0.717, 1.165) is 34.4 Å². The largest absolute Gasteiger partial charge is 0.326 e. The lowest BCUT2D eigenvalue weighted by atomic mass is 10.3. The van der Waals surface area contributed by atoms with Gasteiger partial charge in [-0.2, -0.15) is 0 Å². The Bertz CT molecular complexity index is 515. The van der Waals surface area contributed by atoms with Crippen LogP contribution in [0.3, 0.4) is 0 Å². The van der Waals surface area contributed by atoms with Gasteiger partial charge < -0.3 is 10.6 Å². The number of aryl methyl sites for hydroxylation is 1. The van der Waals surface area contributed by atoms with Crippen LogP contribution in [0.5, 0.6) is 0 Å². The van der Waals surface area contributed by atoms with Gasteiger partial charge in [-0.05, 0) is 37.6 Å². The van der Waals surface area contributed by atoms with E-state index in [1.165, 1.54) is 12.1 Å². The van der Waals surface area contributed by atoms with Crippen molar-refractivity contribution >= 4 is 22.2 Å². The van der Waals surface area contributed by atoms with Crippen molar-refractivity contribution in [3.05, 3.63) is 40.7 Å². The van der Waals surface area contributed by atoms with E-state index in [4.69, 9.17) is 5.73 Å². The van der Waals surface area contributed by atoms with Crippen molar-refractivity contribution in [2.45, 2.75) is 26.8 Å². The predicted molar refractivity (Wildman–Crippen MR) is 78.5 cm³/mol. The quantitative estimate of drug-likeness (QED) is 0.911. The molecule has 0 spiro atoms. The smallest absolute Gasteiger partial charge is 0.190 e. The molecule has 2 rings (SSSR count). The molecule has 0 radical (unpaired) electrons. The van der Waals surface area contributed by atoms with Crippen LogP contribution in [0.4, 0.5) is 15.2 Å². The number of nitrogens with two attached hydrogens (primary N) is 1. The first kappa shape index (κ1) is 14.0. The fourth-order valence-electron chi connectivity index (χ4n) is 1.97. The highest BCUT2D eigenvalue weighted by molar-refractivity contribution is 7.15. The molecule has 1 aromatic heterocycles. The van der Waals surface area contributed by atoms with Gasteiger partial charge in [0.2, 0.25) is 0 Å². The van der Waals surface area contributed by atoms with E-state index in [1.807, 2.05) is 0 Å². The minimum atomic E-state index is -0.226. The lowest BCUT2D eigenvalue weighted by Crippen LogP contribution is -2.15. The maximum atomic E-state index is 13.0. The Balaban J connectivity index is 2.36. The zero-order valence-corrected chi connectivity index (χ0v) is 12.0. The van der Waals surface area contributed by atoms with E-state index < -0.39 is 0 Å². The van der Waals surface area contributed by atoms with Gasteiger partial charge in [0.25, 0.3) is 0 Å². The van der Waals surface area contributed by atoms with Crippen LogP contribution < -0.4 is 10.6 Å². The van der Waals surface area contributed by atoms with Crippen LogP contribution >= 0.6 is 11.3 Å². The third kappa shape index (κ3) is 2.93. The van der Waals surface area contributed by atoms with Crippen molar-refractivity contribution in [1.29, 1.82) is 0 Å². The van der Waals surface area contributed by atoms with Gasteiger partial charge in [-0.15, -0.1) is 0 Å². The fourth-order valence-corrected chi connectivity index (χ4v) is 3.08. The Morgan fingerprint density at radius 3 is 2.42 bits per heavy atom. The summed E-state index contributed by atoms with van der Waals surface area (Å²) in [5.41, 5.74) is 7.75. The third-order valence-electron chi connectivity index (χ3n) is 2.97. The Labute approximate surface area is 116 Å². The van der Waals surface area contributed by atoms with Gasteiger partial charge in [-0.1, -0.05) is 18.3 Å². The highest BCUT2D eigenvalue weighted by Crippen LogP contribution is 2.31. The maximum Gasteiger partial charge on any atom is 0.190 e. The minimum absolute atomic E-state index is 0.226. The minimum Gasteiger partial charge on any atom is -0.326 e. The Kier molecular flexibility index (Phi) is 4.50. The van der Waals surface area contributed by atoms with E-state index in [1.54, 1.807) is 23.5 Å². The first-order valence-electron chi connectivity index (χ1n) is 6.41. The SMILES string of the molecule is CCc1nc(N(CC)c2ccc(F)cc2)sc1CN. The van der Waals surface area contributed by atoms with Crippen molar-refractivity contribution in [2.24, 2.45) is 5.73 Å². The lowest BCUT2D eigenvalue weighted by Gasteiger charge is -2.19. The predicted octanol–water partition coefficient (Wildman–Crippen LogP) is 3.46. The molecule has 19 heavy (non-hydrogen) atoms. The molecule has 0 aliphatic heterocycles. The fraction of sp³-hybridized carbons (Fsp3) is 0.357. The second-order valence-electron chi connectivity index (χ2n) is 4.14. The van der Waals surface area contributed by atoms with Gasteiger partial charge in [0, 0.05) is 23.7 Å². The number of hydrogen-bond donors (Lipinski definition) is 1. The number of hydrogen-bond acceptors (Lipinski definition) is 4. The molecule has 2 N–H and O–H groups in total. The molecule has 0 saturated carbocycles. The van der Waals surface area contributed by atoms with Crippen molar-refractivity contribution in [1.82, 2.24) is 4.98 Å². The number of nitrogens with zero attached hydrogens (tertiary/aromatic N) is 2. The van der Waals surface area contributed by atoms with Crippen molar-refractivity contribution in [3.63, 3.8) is 0 Å². The van der Waals surface area contributed by atoms with Crippen molar-refractivity contribution in [2.75, 3.05) is 11.4 Å². The summed E-state index contributed by atoms with van der Waals surface area (Å²) in [5, 5.41) is 0.923. The van der Waals surface area contributed by atoms with Crippen LogP contribution in [0.25, 0.3) is 0 Å². The highest BCUT2D eigenvalue weighted by Gasteiger charge is 2.15. The van der Waals surface area contributed by atoms with Gasteiger partial charge in [0.15, 0.2) is 5.13 Å². The van der Waals surface area contributed by atoms with Crippen LogP contribution in [0.1, 0.15) is 24.4 Å². The average Bonchev–Trinajstić information content (AvgIpc) is 2.85. The molecule has 0 amide bonds. The summed E-state index contributed by atoms with van der Waals surface area (Å²) in [4.78, 5) is 7.84. The molecule has 1 aromatic carbocycles. The van der Waals surface area contributed by atoms with Gasteiger partial charge in [0.1, 0.15) is 5.82 Å². The Morgan fingerprint density at radius 1 is 1.26 bits per heavy atom. The van der Waals surface area contributed by atoms with Gasteiger partial charge in [0.05, 0.1) is 5.69 Å². The molecule has 1 heterocycles. The standard InChI is InChI=1S/C14H18FN3S/c1-3-12-13(9-16)19-14(17-12)18(4-2)11-7-5-10(15)6-8-11/h5-8H,3-4,9,16H2,1-2H3. The van der Waals surface area contributed by atoms with Crippen LogP contribution in [0.2, 0.25) is 0 Å². The van der Waals surface area contributed by atoms with Gasteiger partial charge in [-0.3, -0.25) is 0 Å². The molecule has 5 heteroatoms. The molecule has 0 fully saturated rings. The zero-order chi connectivity index (χ0) is 13.8. The summed E-state index contributed by atoms with van der Waals surface area (Å²) < 4.78 is 13.0. The molecule has 3 nitrogen and oxygen atoms in total. The monoisotopic (exact) mass is 279 g/mol. The van der Waals surface area contributed by atoms with E-state index in [-0.39, 0.29) is 5.82 Å². The molecule has 102 valence electrons. The second-order valence-corrected chi connectivity index (χ2v) is 5.21. The Hall–Kier alpha value is -1.46. The van der Waals surface area contributed by atoms with E-state index in [9.17, 15) is 4.39 Å². The summed E-state index contributed by atoms with van der Waals surface area (Å²) in [6.07, 6.45) is 0.879. The molecule has 2 aromatic rings. The normalized spacial score (nSPS) is 10.7. The van der Waals surface area contributed by atoms with Crippen LogP contribution in [-0.2, 0) is 13.0 Å². The first-order chi connectivity index (χ1) is 9.19. The molecule has 0 unspecified atom stereocenters. The van der Waals surface area contributed by atoms with Gasteiger partial charge >= 0.3 is 0 Å². The topological polar surface area (TPSA) is 42.2 Å². The molecular weight excluding hydrogens is 261 g/mol. The number of halogens is 1. The van der Waals surface area contributed by atoms with Crippen LogP contribution in [0.15, 0.2) is 24.3 Å². The molecular formula is C14H18FN3S. The summed E-state index contributed by atoms with van der Waals surface area (Å²) in [6, 6.07) is 6.48. The van der Waals surface area contributed by atoms with Crippen molar-refractivity contribution in [3.8, 4) is 0 Å². The summed E-state index contributed by atoms with van der Waals surface area (Å²) in [7, 11) is 0. The van der Waals surface area contributed by atoms with E-state index >= 15 is 0 Å². The number of thiazole rings is 1. The molecule has 0 atom stereocenters. The van der Waals surface area contributed by atoms with Crippen LogP contribution in [0, 0.1) is 5.82 Å². The van der Waals surface area contributed by atoms with Crippen LogP contribution in [-0.4, -0.2) is 11.5 Å². The molecule has 0 bridgehead atoms. The number of benzene rings is 1. The highest BCUT2D eigenvalue weighted by atomic mass is 32.1. The van der Waals surface area contributed by atoms with E-state index in [2.05, 4.69) is 23.7 Å². The molecule has 0 aliphatic rings. The van der Waals surface area contributed by atoms with Crippen molar-refractivity contribution < 1.29 is 4.39 Å². The molecule has 0 aliphatic carbocycles. The number of rotatable bonds is 5. The maximum absolute atomic E-state index is 13.0. The summed E-state index contributed by atoms with van der Waals surface area (Å²) >= 11 is 1.61. The lowest BCUT2D eigenvalue weighted by molar-refractivity contribution is 0.628. The third-order valence-corrected chi connectivity index (χ3v) is 4.12. The number of aromatic nitrogens is 1. The summed E-state index contributed by atoms with van der Waals surface area (Å²) in [6.45, 7) is 5.43. The summed E-state index contributed by atoms with van der Waals surface area (Å²) in [5.74, 6) is -0.226. The first-order valence-corrected chi connectivity index (χ1v) is 7.23. The van der Waals surface area contributed by atoms with E-state index in [0.29, 0.717) is 6.54 Å². The van der Waals surface area contributed by atoms with Gasteiger partial charge in [-0.25, -0.2) is 9.37 Å².